The molecule has 2 heterocycles. The van der Waals surface area contributed by atoms with Gasteiger partial charge in [-0.2, -0.15) is 0 Å². The van der Waals surface area contributed by atoms with Crippen molar-refractivity contribution < 1.29 is 0 Å². The lowest BCUT2D eigenvalue weighted by atomic mass is 10.0. The first-order valence-corrected chi connectivity index (χ1v) is 6.49. The quantitative estimate of drug-likeness (QED) is 0.941. The lowest BCUT2D eigenvalue weighted by Crippen LogP contribution is -2.23. The monoisotopic (exact) mass is 309 g/mol. The van der Waals surface area contributed by atoms with E-state index in [-0.39, 0.29) is 6.04 Å². The minimum absolute atomic E-state index is 0.0278. The van der Waals surface area contributed by atoms with Crippen molar-refractivity contribution in [3.63, 3.8) is 0 Å². The molecule has 1 atom stereocenters. The zero-order valence-electron chi connectivity index (χ0n) is 10.9. The molecular weight excluding hydrogens is 294 g/mol. The van der Waals surface area contributed by atoms with Crippen molar-refractivity contribution in [2.45, 2.75) is 19.9 Å². The first-order chi connectivity index (χ1) is 8.54. The minimum atomic E-state index is -0.0278. The SMILES string of the molecule is CNC(c1ncc(C)cc1C)c1c(Br)nnn1C. The van der Waals surface area contributed by atoms with Gasteiger partial charge in [-0.05, 0) is 48.0 Å². The van der Waals surface area contributed by atoms with Crippen LogP contribution in [0.5, 0.6) is 0 Å². The number of halogens is 1. The third-order valence-corrected chi connectivity index (χ3v) is 3.48. The Morgan fingerprint density at radius 1 is 1.39 bits per heavy atom. The van der Waals surface area contributed by atoms with Crippen LogP contribution in [0.2, 0.25) is 0 Å². The Kier molecular flexibility index (Phi) is 3.77. The number of nitrogens with zero attached hydrogens (tertiary/aromatic N) is 4. The molecule has 18 heavy (non-hydrogen) atoms. The second kappa shape index (κ2) is 5.16. The fraction of sp³-hybridized carbons (Fsp3) is 0.417. The van der Waals surface area contributed by atoms with Gasteiger partial charge in [0.2, 0.25) is 0 Å². The Bertz CT molecular complexity index is 544. The Morgan fingerprint density at radius 3 is 2.61 bits per heavy atom. The Morgan fingerprint density at radius 2 is 2.11 bits per heavy atom. The summed E-state index contributed by atoms with van der Waals surface area (Å²) < 4.78 is 2.50. The molecule has 0 aromatic carbocycles. The van der Waals surface area contributed by atoms with Gasteiger partial charge >= 0.3 is 0 Å². The van der Waals surface area contributed by atoms with Crippen molar-refractivity contribution in [1.82, 2.24) is 25.3 Å². The van der Waals surface area contributed by atoms with Gasteiger partial charge in [-0.25, -0.2) is 4.68 Å². The van der Waals surface area contributed by atoms with Crippen molar-refractivity contribution in [1.29, 1.82) is 0 Å². The molecule has 0 aliphatic heterocycles. The van der Waals surface area contributed by atoms with Gasteiger partial charge in [0.1, 0.15) is 0 Å². The van der Waals surface area contributed by atoms with Crippen LogP contribution in [-0.4, -0.2) is 27.0 Å². The number of pyridine rings is 1. The van der Waals surface area contributed by atoms with Crippen LogP contribution in [0.25, 0.3) is 0 Å². The molecule has 0 bridgehead atoms. The molecule has 0 amide bonds. The topological polar surface area (TPSA) is 55.6 Å². The number of aromatic nitrogens is 4. The molecule has 0 radical (unpaired) electrons. The van der Waals surface area contributed by atoms with E-state index in [2.05, 4.69) is 49.5 Å². The number of nitrogens with one attached hydrogen (secondary N) is 1. The maximum absolute atomic E-state index is 4.53. The molecule has 1 unspecified atom stereocenters. The average molecular weight is 310 g/mol. The van der Waals surface area contributed by atoms with E-state index in [1.165, 1.54) is 0 Å². The summed E-state index contributed by atoms with van der Waals surface area (Å²) in [6, 6.07) is 2.10. The molecule has 0 saturated carbocycles. The van der Waals surface area contributed by atoms with Crippen LogP contribution in [-0.2, 0) is 7.05 Å². The maximum atomic E-state index is 4.53. The predicted octanol–water partition coefficient (Wildman–Crippen LogP) is 1.90. The number of hydrogen-bond donors (Lipinski definition) is 1. The number of rotatable bonds is 3. The van der Waals surface area contributed by atoms with E-state index in [0.717, 1.165) is 27.1 Å². The van der Waals surface area contributed by atoms with Crippen molar-refractivity contribution in [2.75, 3.05) is 7.05 Å². The summed E-state index contributed by atoms with van der Waals surface area (Å²) in [4.78, 5) is 4.53. The largest absolute Gasteiger partial charge is 0.307 e. The first-order valence-electron chi connectivity index (χ1n) is 5.70. The highest BCUT2D eigenvalue weighted by Gasteiger charge is 2.23. The molecule has 5 nitrogen and oxygen atoms in total. The lowest BCUT2D eigenvalue weighted by Gasteiger charge is -2.18. The van der Waals surface area contributed by atoms with Gasteiger partial charge in [0.05, 0.1) is 17.4 Å². The molecule has 2 rings (SSSR count). The van der Waals surface area contributed by atoms with E-state index >= 15 is 0 Å². The summed E-state index contributed by atoms with van der Waals surface area (Å²) in [7, 11) is 3.78. The van der Waals surface area contributed by atoms with E-state index < -0.39 is 0 Å². The second-order valence-electron chi connectivity index (χ2n) is 4.33. The van der Waals surface area contributed by atoms with Gasteiger partial charge in [-0.3, -0.25) is 4.98 Å². The highest BCUT2D eigenvalue weighted by Crippen LogP contribution is 2.27. The van der Waals surface area contributed by atoms with Gasteiger partial charge in [0.25, 0.3) is 0 Å². The molecule has 0 spiro atoms. The van der Waals surface area contributed by atoms with Crippen molar-refractivity contribution in [3.05, 3.63) is 39.4 Å². The predicted molar refractivity (Wildman–Crippen MR) is 73.3 cm³/mol. The molecule has 0 fully saturated rings. The Labute approximate surface area is 115 Å². The summed E-state index contributed by atoms with van der Waals surface area (Å²) in [5, 5.41) is 11.3. The smallest absolute Gasteiger partial charge is 0.153 e. The van der Waals surface area contributed by atoms with Crippen LogP contribution in [0.3, 0.4) is 0 Å². The Hall–Kier alpha value is -1.27. The number of aryl methyl sites for hydroxylation is 3. The van der Waals surface area contributed by atoms with Crippen LogP contribution >= 0.6 is 15.9 Å². The molecular formula is C12H16BrN5. The van der Waals surface area contributed by atoms with Crippen molar-refractivity contribution in [3.8, 4) is 0 Å². The number of hydrogen-bond acceptors (Lipinski definition) is 4. The third kappa shape index (κ3) is 2.30. The fourth-order valence-electron chi connectivity index (χ4n) is 2.08. The zero-order valence-corrected chi connectivity index (χ0v) is 12.5. The summed E-state index contributed by atoms with van der Waals surface area (Å²) in [6.45, 7) is 4.11. The first kappa shape index (κ1) is 13.2. The van der Waals surface area contributed by atoms with Crippen LogP contribution in [0.1, 0.15) is 28.6 Å². The highest BCUT2D eigenvalue weighted by molar-refractivity contribution is 9.10. The summed E-state index contributed by atoms with van der Waals surface area (Å²) >= 11 is 3.43. The lowest BCUT2D eigenvalue weighted by molar-refractivity contribution is 0.584. The summed E-state index contributed by atoms with van der Waals surface area (Å²) in [6.07, 6.45) is 1.88. The molecule has 0 aliphatic rings. The third-order valence-electron chi connectivity index (χ3n) is 2.92. The molecule has 2 aromatic rings. The molecule has 0 aliphatic carbocycles. The highest BCUT2D eigenvalue weighted by atomic mass is 79.9. The maximum Gasteiger partial charge on any atom is 0.153 e. The molecule has 0 saturated heterocycles. The van der Waals surface area contributed by atoms with Gasteiger partial charge < -0.3 is 5.32 Å². The van der Waals surface area contributed by atoms with E-state index in [1.807, 2.05) is 27.2 Å². The average Bonchev–Trinajstić information content (AvgIpc) is 2.64. The van der Waals surface area contributed by atoms with E-state index in [9.17, 15) is 0 Å². The summed E-state index contributed by atoms with van der Waals surface area (Å²) in [5.74, 6) is 0. The van der Waals surface area contributed by atoms with Crippen LogP contribution in [0, 0.1) is 13.8 Å². The molecule has 6 heteroatoms. The summed E-state index contributed by atoms with van der Waals surface area (Å²) in [5.41, 5.74) is 4.28. The van der Waals surface area contributed by atoms with Gasteiger partial charge in [-0.15, -0.1) is 5.10 Å². The van der Waals surface area contributed by atoms with Crippen LogP contribution < -0.4 is 5.32 Å². The van der Waals surface area contributed by atoms with E-state index in [0.29, 0.717) is 0 Å². The van der Waals surface area contributed by atoms with Gasteiger partial charge in [-0.1, -0.05) is 11.3 Å². The minimum Gasteiger partial charge on any atom is -0.307 e. The molecule has 96 valence electrons. The van der Waals surface area contributed by atoms with Crippen LogP contribution in [0.15, 0.2) is 16.9 Å². The second-order valence-corrected chi connectivity index (χ2v) is 5.08. The van der Waals surface area contributed by atoms with Crippen molar-refractivity contribution >= 4 is 15.9 Å². The molecule has 2 aromatic heterocycles. The standard InChI is InChI=1S/C12H16BrN5/c1-7-5-8(2)9(15-6-7)10(14-3)11-12(13)16-17-18(11)4/h5-6,10,14H,1-4H3. The van der Waals surface area contributed by atoms with Crippen molar-refractivity contribution in [2.24, 2.45) is 7.05 Å². The van der Waals surface area contributed by atoms with E-state index in [1.54, 1.807) is 4.68 Å². The molecule has 1 N–H and O–H groups in total. The Balaban J connectivity index is 2.52. The fourth-order valence-corrected chi connectivity index (χ4v) is 2.63. The van der Waals surface area contributed by atoms with Gasteiger partial charge in [0.15, 0.2) is 4.60 Å². The normalized spacial score (nSPS) is 12.7. The van der Waals surface area contributed by atoms with Crippen LogP contribution in [0.4, 0.5) is 0 Å². The van der Waals surface area contributed by atoms with Gasteiger partial charge in [0, 0.05) is 13.2 Å². The van der Waals surface area contributed by atoms with E-state index in [4.69, 9.17) is 0 Å². The zero-order chi connectivity index (χ0) is 13.3.